The van der Waals surface area contributed by atoms with Crippen LogP contribution in [0, 0.1) is 16.0 Å². The standard InChI is InChI=1S/C18H24BrN3O4/c1-18(2,21-14-9-12(19)5-6-15(14)22(24)25)17(23)20-13-7-8-26-16(10-13)11-3-4-11/h5-6,9,11,13,16,21H,3-4,7-8,10H2,1-2H3,(H,20,23)/t13-,16+/m0/s1. The minimum Gasteiger partial charge on any atom is -0.378 e. The van der Waals surface area contributed by atoms with Gasteiger partial charge >= 0.3 is 0 Å². The number of benzene rings is 1. The quantitative estimate of drug-likeness (QED) is 0.536. The van der Waals surface area contributed by atoms with Crippen molar-refractivity contribution < 1.29 is 14.5 Å². The third-order valence-corrected chi connectivity index (χ3v) is 5.46. The number of halogens is 1. The van der Waals surface area contributed by atoms with Gasteiger partial charge in [-0.3, -0.25) is 14.9 Å². The van der Waals surface area contributed by atoms with E-state index in [2.05, 4.69) is 26.6 Å². The Morgan fingerprint density at radius 2 is 2.08 bits per heavy atom. The molecule has 1 amide bonds. The highest BCUT2D eigenvalue weighted by Crippen LogP contribution is 2.38. The number of carbonyl (C=O) groups is 1. The molecule has 142 valence electrons. The first kappa shape index (κ1) is 19.1. The molecular weight excluding hydrogens is 402 g/mol. The molecule has 3 rings (SSSR count). The molecule has 1 aromatic rings. The molecule has 1 aliphatic carbocycles. The van der Waals surface area contributed by atoms with Crippen molar-refractivity contribution in [2.24, 2.45) is 5.92 Å². The van der Waals surface area contributed by atoms with Gasteiger partial charge < -0.3 is 15.4 Å². The predicted octanol–water partition coefficient (Wildman–Crippen LogP) is 3.62. The summed E-state index contributed by atoms with van der Waals surface area (Å²) >= 11 is 3.32. The maximum atomic E-state index is 12.8. The fourth-order valence-electron chi connectivity index (χ4n) is 3.28. The lowest BCUT2D eigenvalue weighted by Crippen LogP contribution is -2.53. The highest BCUT2D eigenvalue weighted by Gasteiger charge is 2.38. The number of carbonyl (C=O) groups excluding carboxylic acids is 1. The monoisotopic (exact) mass is 425 g/mol. The Balaban J connectivity index is 1.66. The van der Waals surface area contributed by atoms with Crippen LogP contribution in [0.25, 0.3) is 0 Å². The van der Waals surface area contributed by atoms with Crippen LogP contribution in [0.3, 0.4) is 0 Å². The molecule has 0 bridgehead atoms. The van der Waals surface area contributed by atoms with Crippen molar-refractivity contribution in [3.8, 4) is 0 Å². The largest absolute Gasteiger partial charge is 0.378 e. The first-order chi connectivity index (χ1) is 12.3. The maximum absolute atomic E-state index is 12.8. The highest BCUT2D eigenvalue weighted by atomic mass is 79.9. The number of hydrogen-bond donors (Lipinski definition) is 2. The summed E-state index contributed by atoms with van der Waals surface area (Å²) in [6, 6.07) is 4.72. The van der Waals surface area contributed by atoms with Crippen LogP contribution in [0.15, 0.2) is 22.7 Å². The van der Waals surface area contributed by atoms with Gasteiger partial charge in [0.25, 0.3) is 5.69 Å². The van der Waals surface area contributed by atoms with E-state index in [1.807, 2.05) is 0 Å². The zero-order valence-corrected chi connectivity index (χ0v) is 16.5. The Morgan fingerprint density at radius 1 is 1.35 bits per heavy atom. The summed E-state index contributed by atoms with van der Waals surface area (Å²) in [5.74, 6) is 0.471. The molecule has 0 aromatic heterocycles. The summed E-state index contributed by atoms with van der Waals surface area (Å²) in [7, 11) is 0. The SMILES string of the molecule is CC(C)(Nc1cc(Br)ccc1[N+](=O)[O-])C(=O)N[C@H]1CCO[C@@H](C2CC2)C1. The van der Waals surface area contributed by atoms with Gasteiger partial charge in [0.1, 0.15) is 11.2 Å². The third-order valence-electron chi connectivity index (χ3n) is 4.97. The smallest absolute Gasteiger partial charge is 0.292 e. The fraction of sp³-hybridized carbons (Fsp3) is 0.611. The van der Waals surface area contributed by atoms with Crippen molar-refractivity contribution in [2.75, 3.05) is 11.9 Å². The number of nitro benzene ring substituents is 1. The Labute approximate surface area is 161 Å². The molecule has 1 saturated heterocycles. The van der Waals surface area contributed by atoms with E-state index >= 15 is 0 Å². The summed E-state index contributed by atoms with van der Waals surface area (Å²) in [4.78, 5) is 23.6. The summed E-state index contributed by atoms with van der Waals surface area (Å²) in [5, 5.41) is 17.4. The normalized spacial score (nSPS) is 23.3. The van der Waals surface area contributed by atoms with Crippen LogP contribution >= 0.6 is 15.9 Å². The minimum atomic E-state index is -0.987. The molecule has 2 aliphatic rings. The van der Waals surface area contributed by atoms with E-state index < -0.39 is 10.5 Å². The van der Waals surface area contributed by atoms with Gasteiger partial charge in [-0.2, -0.15) is 0 Å². The molecule has 0 spiro atoms. The molecule has 0 radical (unpaired) electrons. The van der Waals surface area contributed by atoms with Crippen LogP contribution in [0.4, 0.5) is 11.4 Å². The summed E-state index contributed by atoms with van der Waals surface area (Å²) in [6.07, 6.45) is 4.30. The van der Waals surface area contributed by atoms with Crippen LogP contribution in [0.5, 0.6) is 0 Å². The molecule has 2 N–H and O–H groups in total. The molecule has 1 saturated carbocycles. The van der Waals surface area contributed by atoms with E-state index in [9.17, 15) is 14.9 Å². The molecule has 1 aromatic carbocycles. The number of hydrogen-bond acceptors (Lipinski definition) is 5. The molecule has 1 heterocycles. The van der Waals surface area contributed by atoms with E-state index in [-0.39, 0.29) is 23.7 Å². The van der Waals surface area contributed by atoms with Crippen molar-refractivity contribution in [1.82, 2.24) is 5.32 Å². The van der Waals surface area contributed by atoms with E-state index in [0.29, 0.717) is 22.7 Å². The summed E-state index contributed by atoms with van der Waals surface area (Å²) < 4.78 is 6.51. The van der Waals surface area contributed by atoms with Gasteiger partial charge in [0.05, 0.1) is 11.0 Å². The zero-order valence-electron chi connectivity index (χ0n) is 15.0. The average Bonchev–Trinajstić information content (AvgIpc) is 3.39. The molecule has 0 unspecified atom stereocenters. The van der Waals surface area contributed by atoms with Crippen molar-refractivity contribution in [1.29, 1.82) is 0 Å². The van der Waals surface area contributed by atoms with Crippen molar-refractivity contribution >= 4 is 33.2 Å². The number of nitrogens with zero attached hydrogens (tertiary/aromatic N) is 1. The lowest BCUT2D eigenvalue weighted by atomic mass is 9.97. The van der Waals surface area contributed by atoms with Crippen LogP contribution in [0.1, 0.15) is 39.5 Å². The van der Waals surface area contributed by atoms with E-state index in [1.54, 1.807) is 26.0 Å². The average molecular weight is 426 g/mol. The highest BCUT2D eigenvalue weighted by molar-refractivity contribution is 9.10. The van der Waals surface area contributed by atoms with Crippen LogP contribution in [-0.2, 0) is 9.53 Å². The third kappa shape index (κ3) is 4.54. The number of nitrogens with one attached hydrogen (secondary N) is 2. The Kier molecular flexibility index (Phi) is 5.53. The second-order valence-electron chi connectivity index (χ2n) is 7.61. The second-order valence-corrected chi connectivity index (χ2v) is 8.53. The molecule has 2 atom stereocenters. The number of rotatable bonds is 6. The van der Waals surface area contributed by atoms with Gasteiger partial charge in [-0.15, -0.1) is 0 Å². The first-order valence-electron chi connectivity index (χ1n) is 8.91. The van der Waals surface area contributed by atoms with Gasteiger partial charge in [0.2, 0.25) is 5.91 Å². The molecule has 8 heteroatoms. The number of anilines is 1. The Hall–Kier alpha value is -1.67. The van der Waals surface area contributed by atoms with Crippen molar-refractivity contribution in [2.45, 2.75) is 57.2 Å². The lowest BCUT2D eigenvalue weighted by Gasteiger charge is -2.33. The van der Waals surface area contributed by atoms with Crippen molar-refractivity contribution in [3.63, 3.8) is 0 Å². The van der Waals surface area contributed by atoms with E-state index in [4.69, 9.17) is 4.74 Å². The Bertz CT molecular complexity index is 706. The van der Waals surface area contributed by atoms with Gasteiger partial charge in [-0.25, -0.2) is 0 Å². The van der Waals surface area contributed by atoms with Crippen LogP contribution in [-0.4, -0.2) is 35.1 Å². The molecule has 1 aliphatic heterocycles. The maximum Gasteiger partial charge on any atom is 0.292 e. The Morgan fingerprint density at radius 3 is 2.73 bits per heavy atom. The van der Waals surface area contributed by atoms with E-state index in [0.717, 1.165) is 12.8 Å². The number of ether oxygens (including phenoxy) is 1. The van der Waals surface area contributed by atoms with Gasteiger partial charge in [0.15, 0.2) is 0 Å². The molecule has 26 heavy (non-hydrogen) atoms. The summed E-state index contributed by atoms with van der Waals surface area (Å²) in [5.41, 5.74) is -0.736. The van der Waals surface area contributed by atoms with E-state index in [1.165, 1.54) is 18.9 Å². The van der Waals surface area contributed by atoms with Gasteiger partial charge in [0, 0.05) is 23.2 Å². The fourth-order valence-corrected chi connectivity index (χ4v) is 3.64. The topological polar surface area (TPSA) is 93.5 Å². The first-order valence-corrected chi connectivity index (χ1v) is 9.70. The second kappa shape index (κ2) is 7.52. The minimum absolute atomic E-state index is 0.0612. The molecular formula is C18H24BrN3O4. The number of nitro groups is 1. The van der Waals surface area contributed by atoms with Crippen LogP contribution in [0.2, 0.25) is 0 Å². The van der Waals surface area contributed by atoms with Gasteiger partial charge in [-0.05, 0) is 57.6 Å². The molecule has 7 nitrogen and oxygen atoms in total. The van der Waals surface area contributed by atoms with Crippen LogP contribution < -0.4 is 10.6 Å². The van der Waals surface area contributed by atoms with Gasteiger partial charge in [-0.1, -0.05) is 15.9 Å². The predicted molar refractivity (Wildman–Crippen MR) is 102 cm³/mol. The summed E-state index contributed by atoms with van der Waals surface area (Å²) in [6.45, 7) is 4.12. The number of amides is 1. The lowest BCUT2D eigenvalue weighted by molar-refractivity contribution is -0.384. The zero-order chi connectivity index (χ0) is 18.9. The molecule has 2 fully saturated rings. The van der Waals surface area contributed by atoms with Crippen molar-refractivity contribution in [3.05, 3.63) is 32.8 Å².